The Kier molecular flexibility index (Phi) is 8.78. The van der Waals surface area contributed by atoms with Crippen molar-refractivity contribution in [1.29, 1.82) is 0 Å². The molecule has 2 aliphatic carbocycles. The van der Waals surface area contributed by atoms with Gasteiger partial charge in [0.25, 0.3) is 0 Å². The van der Waals surface area contributed by atoms with E-state index < -0.39 is 0 Å². The second-order valence-electron chi connectivity index (χ2n) is 9.39. The molecular formula is C23H38IN5O2. The van der Waals surface area contributed by atoms with Gasteiger partial charge in [0.15, 0.2) is 5.96 Å². The summed E-state index contributed by atoms with van der Waals surface area (Å²) in [5, 5.41) is 6.71. The number of likely N-dealkylation sites (tertiary alicyclic amines) is 2. The van der Waals surface area contributed by atoms with Gasteiger partial charge in [0.05, 0.1) is 11.8 Å². The van der Waals surface area contributed by atoms with Crippen LogP contribution in [0.2, 0.25) is 0 Å². The third-order valence-electron chi connectivity index (χ3n) is 7.31. The molecule has 2 saturated heterocycles. The van der Waals surface area contributed by atoms with Gasteiger partial charge < -0.3 is 15.5 Å². The first-order chi connectivity index (χ1) is 14.6. The van der Waals surface area contributed by atoms with Crippen LogP contribution in [0.25, 0.3) is 0 Å². The topological polar surface area (TPSA) is 77.0 Å². The van der Waals surface area contributed by atoms with E-state index in [0.717, 1.165) is 37.9 Å². The molecule has 2 N–H and O–H groups in total. The molecule has 31 heavy (non-hydrogen) atoms. The lowest BCUT2D eigenvalue weighted by Crippen LogP contribution is -2.43. The van der Waals surface area contributed by atoms with Crippen LogP contribution >= 0.6 is 24.0 Å². The van der Waals surface area contributed by atoms with E-state index >= 15 is 0 Å². The van der Waals surface area contributed by atoms with Crippen molar-refractivity contribution in [1.82, 2.24) is 20.4 Å². The average Bonchev–Trinajstić information content (AvgIpc) is 3.42. The second-order valence-corrected chi connectivity index (χ2v) is 9.39. The van der Waals surface area contributed by atoms with Crippen LogP contribution in [-0.2, 0) is 9.59 Å². The first kappa shape index (κ1) is 24.5. The van der Waals surface area contributed by atoms with E-state index in [2.05, 4.69) is 46.5 Å². The van der Waals surface area contributed by atoms with E-state index in [0.29, 0.717) is 19.5 Å². The number of carbonyl (C=O) groups is 2. The molecule has 2 heterocycles. The summed E-state index contributed by atoms with van der Waals surface area (Å²) in [6, 6.07) is 0. The predicted molar refractivity (Wildman–Crippen MR) is 133 cm³/mol. The summed E-state index contributed by atoms with van der Waals surface area (Å²) in [6.45, 7) is 10.6. The van der Waals surface area contributed by atoms with Crippen LogP contribution in [-0.4, -0.2) is 73.4 Å². The summed E-state index contributed by atoms with van der Waals surface area (Å²) in [6.07, 6.45) is 8.56. The zero-order chi connectivity index (χ0) is 21.1. The van der Waals surface area contributed by atoms with Crippen LogP contribution in [0.1, 0.15) is 39.5 Å². The van der Waals surface area contributed by atoms with Gasteiger partial charge in [-0.05, 0) is 63.5 Å². The van der Waals surface area contributed by atoms with E-state index in [4.69, 9.17) is 0 Å². The molecule has 0 aromatic rings. The highest BCUT2D eigenvalue weighted by Crippen LogP contribution is 2.52. The zero-order valence-corrected chi connectivity index (χ0v) is 21.2. The Labute approximate surface area is 203 Å². The largest absolute Gasteiger partial charge is 0.357 e. The van der Waals surface area contributed by atoms with Gasteiger partial charge in [-0.2, -0.15) is 0 Å². The number of aliphatic imine (C=N–C) groups is 1. The molecule has 174 valence electrons. The number of hydrogen-bond donors (Lipinski definition) is 2. The standard InChI is InChI=1S/C23H37N5O2.HI/c1-3-24-23(26-10-14-27-12-7-16(2)8-13-27)25-9-4-11-28-21(29)19-17-5-6-18(15-17)20(19)22(28)30;/h5-6,16-20H,3-4,7-15H2,1-2H3,(H2,24,25,26);1H. The molecule has 1 saturated carbocycles. The minimum absolute atomic E-state index is 0. The van der Waals surface area contributed by atoms with Crippen molar-refractivity contribution in [3.63, 3.8) is 0 Å². The van der Waals surface area contributed by atoms with Crippen molar-refractivity contribution >= 4 is 41.8 Å². The van der Waals surface area contributed by atoms with Gasteiger partial charge in [0, 0.05) is 32.7 Å². The lowest BCUT2D eigenvalue weighted by molar-refractivity contribution is -0.140. The maximum atomic E-state index is 12.7. The quantitative estimate of drug-likeness (QED) is 0.123. The molecular weight excluding hydrogens is 505 g/mol. The fraction of sp³-hybridized carbons (Fsp3) is 0.783. The SMILES string of the molecule is CCNC(=NCCCN1C(=O)C2C3C=CC(C3)C2C1=O)NCCN1CCC(C)CC1.I. The lowest BCUT2D eigenvalue weighted by Gasteiger charge is -2.30. The molecule has 4 rings (SSSR count). The number of hydrogen-bond acceptors (Lipinski definition) is 4. The molecule has 2 aliphatic heterocycles. The summed E-state index contributed by atoms with van der Waals surface area (Å²) in [7, 11) is 0. The molecule has 7 nitrogen and oxygen atoms in total. The molecule has 4 unspecified atom stereocenters. The van der Waals surface area contributed by atoms with Gasteiger partial charge in [0.1, 0.15) is 0 Å². The van der Waals surface area contributed by atoms with Crippen LogP contribution in [0, 0.1) is 29.6 Å². The zero-order valence-electron chi connectivity index (χ0n) is 18.9. The Balaban J connectivity index is 0.00000272. The number of nitrogens with one attached hydrogen (secondary N) is 2. The fourth-order valence-electron chi connectivity index (χ4n) is 5.56. The average molecular weight is 543 g/mol. The van der Waals surface area contributed by atoms with E-state index in [9.17, 15) is 9.59 Å². The summed E-state index contributed by atoms with van der Waals surface area (Å²) in [5.74, 6) is 2.16. The summed E-state index contributed by atoms with van der Waals surface area (Å²) < 4.78 is 0. The van der Waals surface area contributed by atoms with Crippen LogP contribution in [0.5, 0.6) is 0 Å². The van der Waals surface area contributed by atoms with Gasteiger partial charge >= 0.3 is 0 Å². The minimum atomic E-state index is -0.0900. The van der Waals surface area contributed by atoms with Gasteiger partial charge in [-0.25, -0.2) is 0 Å². The molecule has 0 spiro atoms. The summed E-state index contributed by atoms with van der Waals surface area (Å²) >= 11 is 0. The second kappa shape index (κ2) is 11.1. The minimum Gasteiger partial charge on any atom is -0.357 e. The third-order valence-corrected chi connectivity index (χ3v) is 7.31. The Morgan fingerprint density at radius 3 is 2.32 bits per heavy atom. The van der Waals surface area contributed by atoms with Gasteiger partial charge in [0.2, 0.25) is 11.8 Å². The first-order valence-electron chi connectivity index (χ1n) is 11.9. The van der Waals surface area contributed by atoms with E-state index in [1.807, 2.05) is 0 Å². The number of fused-ring (bicyclic) bond motifs is 5. The number of amides is 2. The van der Waals surface area contributed by atoms with Crippen LogP contribution < -0.4 is 10.6 Å². The normalized spacial score (nSPS) is 30.6. The van der Waals surface area contributed by atoms with Crippen molar-refractivity contribution < 1.29 is 9.59 Å². The van der Waals surface area contributed by atoms with E-state index in [1.165, 1.54) is 30.8 Å². The van der Waals surface area contributed by atoms with Crippen molar-refractivity contribution in [2.45, 2.75) is 39.5 Å². The number of guanidine groups is 1. The number of halogens is 1. The molecule has 0 radical (unpaired) electrons. The first-order valence-corrected chi connectivity index (χ1v) is 11.9. The highest BCUT2D eigenvalue weighted by Gasteiger charge is 2.58. The summed E-state index contributed by atoms with van der Waals surface area (Å²) in [4.78, 5) is 34.1. The number of imide groups is 1. The number of nitrogens with zero attached hydrogens (tertiary/aromatic N) is 3. The van der Waals surface area contributed by atoms with Crippen LogP contribution in [0.15, 0.2) is 17.1 Å². The maximum Gasteiger partial charge on any atom is 0.233 e. The van der Waals surface area contributed by atoms with Gasteiger partial charge in [-0.1, -0.05) is 19.1 Å². The molecule has 4 atom stereocenters. The fourth-order valence-corrected chi connectivity index (χ4v) is 5.56. The monoisotopic (exact) mass is 543 g/mol. The number of rotatable bonds is 8. The highest BCUT2D eigenvalue weighted by atomic mass is 127. The van der Waals surface area contributed by atoms with Crippen molar-refractivity contribution in [2.24, 2.45) is 34.6 Å². The molecule has 3 fully saturated rings. The Bertz CT molecular complexity index is 674. The third kappa shape index (κ3) is 5.43. The van der Waals surface area contributed by atoms with Gasteiger partial charge in [-0.15, -0.1) is 24.0 Å². The van der Waals surface area contributed by atoms with Gasteiger partial charge in [-0.3, -0.25) is 19.5 Å². The molecule has 4 aliphatic rings. The van der Waals surface area contributed by atoms with E-state index in [-0.39, 0.29) is 59.5 Å². The molecule has 8 heteroatoms. The molecule has 2 amide bonds. The molecule has 0 aromatic carbocycles. The Morgan fingerprint density at radius 1 is 1.06 bits per heavy atom. The van der Waals surface area contributed by atoms with Crippen LogP contribution in [0.3, 0.4) is 0 Å². The van der Waals surface area contributed by atoms with Crippen LogP contribution in [0.4, 0.5) is 0 Å². The number of allylic oxidation sites excluding steroid dienone is 2. The maximum absolute atomic E-state index is 12.7. The Morgan fingerprint density at radius 2 is 1.71 bits per heavy atom. The Hall–Kier alpha value is -1.16. The smallest absolute Gasteiger partial charge is 0.233 e. The lowest BCUT2D eigenvalue weighted by atomic mass is 9.85. The number of carbonyl (C=O) groups excluding carboxylic acids is 2. The molecule has 0 aromatic heterocycles. The molecule has 2 bridgehead atoms. The predicted octanol–water partition coefficient (Wildman–Crippen LogP) is 2.09. The number of piperidine rings is 1. The van der Waals surface area contributed by atoms with E-state index in [1.54, 1.807) is 0 Å². The van der Waals surface area contributed by atoms with Crippen molar-refractivity contribution in [3.05, 3.63) is 12.2 Å². The summed E-state index contributed by atoms with van der Waals surface area (Å²) in [5.41, 5.74) is 0. The van der Waals surface area contributed by atoms with Crippen molar-refractivity contribution in [3.8, 4) is 0 Å². The van der Waals surface area contributed by atoms with Crippen molar-refractivity contribution in [2.75, 3.05) is 45.8 Å². The highest BCUT2D eigenvalue weighted by molar-refractivity contribution is 14.0.